The number of rotatable bonds is 4. The van der Waals surface area contributed by atoms with Gasteiger partial charge in [0, 0.05) is 18.3 Å². The molecule has 2 rings (SSSR count). The lowest BCUT2D eigenvalue weighted by molar-refractivity contribution is 0.0763. The Bertz CT molecular complexity index is 458. The normalized spacial score (nSPS) is 13.6. The Morgan fingerprint density at radius 3 is 2.72 bits per heavy atom. The molecule has 2 N–H and O–H groups in total. The smallest absolute Gasteiger partial charge is 0.255 e. The van der Waals surface area contributed by atoms with E-state index in [0.29, 0.717) is 28.9 Å². The van der Waals surface area contributed by atoms with Gasteiger partial charge in [-0.2, -0.15) is 0 Å². The molecule has 1 aliphatic rings. The van der Waals surface area contributed by atoms with Crippen LogP contribution in [0.3, 0.4) is 0 Å². The number of benzene rings is 1. The first-order chi connectivity index (χ1) is 8.13. The van der Waals surface area contributed by atoms with Crippen molar-refractivity contribution in [2.45, 2.75) is 18.9 Å². The number of anilines is 1. The van der Waals surface area contributed by atoms with Crippen LogP contribution in [0.1, 0.15) is 23.2 Å². The van der Waals surface area contributed by atoms with Crippen LogP contribution in [0.15, 0.2) is 30.9 Å². The Hall–Kier alpha value is -1.19. The van der Waals surface area contributed by atoms with Crippen molar-refractivity contribution in [2.75, 3.05) is 12.3 Å². The molecule has 1 saturated carbocycles. The van der Waals surface area contributed by atoms with E-state index in [9.17, 15) is 4.79 Å². The average molecular weight is 287 g/mol. The van der Waals surface area contributed by atoms with Crippen molar-refractivity contribution in [3.05, 3.63) is 41.4 Å². The van der Waals surface area contributed by atoms with Crippen LogP contribution < -0.4 is 5.73 Å². The summed E-state index contributed by atoms with van der Waals surface area (Å²) in [5.74, 6) is -0.0441. The van der Waals surface area contributed by atoms with Crippen molar-refractivity contribution in [1.82, 2.24) is 4.90 Å². The second-order valence-electron chi connectivity index (χ2n) is 4.22. The van der Waals surface area contributed by atoms with Crippen LogP contribution in [0.25, 0.3) is 0 Å². The van der Waals surface area contributed by atoms with Crippen LogP contribution >= 0.6 is 24.0 Å². The zero-order chi connectivity index (χ0) is 12.4. The van der Waals surface area contributed by atoms with Gasteiger partial charge >= 0.3 is 0 Å². The minimum atomic E-state index is -0.0441. The maximum atomic E-state index is 12.3. The lowest BCUT2D eigenvalue weighted by Gasteiger charge is -2.21. The van der Waals surface area contributed by atoms with E-state index in [4.69, 9.17) is 17.3 Å². The fourth-order valence-electron chi connectivity index (χ4n) is 1.78. The third kappa shape index (κ3) is 3.18. The summed E-state index contributed by atoms with van der Waals surface area (Å²) in [6.07, 6.45) is 3.86. The molecule has 1 aromatic rings. The van der Waals surface area contributed by atoms with E-state index in [1.54, 1.807) is 24.3 Å². The molecule has 0 aliphatic heterocycles. The van der Waals surface area contributed by atoms with E-state index in [2.05, 4.69) is 6.58 Å². The highest BCUT2D eigenvalue weighted by Gasteiger charge is 2.32. The van der Waals surface area contributed by atoms with Gasteiger partial charge < -0.3 is 10.6 Å². The van der Waals surface area contributed by atoms with Crippen LogP contribution in [0, 0.1) is 0 Å². The van der Waals surface area contributed by atoms with Gasteiger partial charge in [0.1, 0.15) is 0 Å². The van der Waals surface area contributed by atoms with Crippen molar-refractivity contribution < 1.29 is 4.79 Å². The summed E-state index contributed by atoms with van der Waals surface area (Å²) in [6.45, 7) is 4.24. The summed E-state index contributed by atoms with van der Waals surface area (Å²) >= 11 is 6.04. The minimum Gasteiger partial charge on any atom is -0.399 e. The van der Waals surface area contributed by atoms with Gasteiger partial charge in [0.05, 0.1) is 10.6 Å². The zero-order valence-corrected chi connectivity index (χ0v) is 11.5. The van der Waals surface area contributed by atoms with Gasteiger partial charge in [-0.1, -0.05) is 17.7 Å². The van der Waals surface area contributed by atoms with E-state index in [0.717, 1.165) is 12.8 Å². The number of hydrogen-bond acceptors (Lipinski definition) is 2. The number of carbonyl (C=O) groups excluding carboxylic acids is 1. The molecule has 1 fully saturated rings. The Balaban J connectivity index is 0.00000162. The molecule has 0 aromatic heterocycles. The molecule has 0 saturated heterocycles. The Labute approximate surface area is 118 Å². The lowest BCUT2D eigenvalue weighted by atomic mass is 10.1. The number of nitrogens with two attached hydrogens (primary N) is 1. The molecular weight excluding hydrogens is 271 g/mol. The average Bonchev–Trinajstić information content (AvgIpc) is 3.09. The van der Waals surface area contributed by atoms with Gasteiger partial charge in [-0.3, -0.25) is 4.79 Å². The van der Waals surface area contributed by atoms with Crippen molar-refractivity contribution in [3.63, 3.8) is 0 Å². The molecule has 18 heavy (non-hydrogen) atoms. The van der Waals surface area contributed by atoms with Crippen molar-refractivity contribution in [3.8, 4) is 0 Å². The second kappa shape index (κ2) is 6.12. The number of amides is 1. The van der Waals surface area contributed by atoms with Crippen molar-refractivity contribution >= 4 is 35.6 Å². The summed E-state index contributed by atoms with van der Waals surface area (Å²) in [6, 6.07) is 5.32. The molecule has 0 spiro atoms. The Morgan fingerprint density at radius 1 is 1.56 bits per heavy atom. The monoisotopic (exact) mass is 286 g/mol. The third-order valence-corrected chi connectivity index (χ3v) is 3.11. The first-order valence-electron chi connectivity index (χ1n) is 5.60. The van der Waals surface area contributed by atoms with Gasteiger partial charge in [0.15, 0.2) is 0 Å². The first kappa shape index (κ1) is 14.9. The minimum absolute atomic E-state index is 0. The summed E-state index contributed by atoms with van der Waals surface area (Å²) in [5, 5.41) is 0.407. The molecule has 3 nitrogen and oxygen atoms in total. The molecular formula is C13H16Cl2N2O. The van der Waals surface area contributed by atoms with Crippen molar-refractivity contribution in [2.24, 2.45) is 0 Å². The van der Waals surface area contributed by atoms with Gasteiger partial charge in [0.2, 0.25) is 0 Å². The summed E-state index contributed by atoms with van der Waals surface area (Å²) < 4.78 is 0. The lowest BCUT2D eigenvalue weighted by Crippen LogP contribution is -2.33. The molecule has 0 unspecified atom stereocenters. The van der Waals surface area contributed by atoms with E-state index in [-0.39, 0.29) is 18.3 Å². The van der Waals surface area contributed by atoms with E-state index < -0.39 is 0 Å². The van der Waals surface area contributed by atoms with Gasteiger partial charge in [-0.15, -0.1) is 19.0 Å². The van der Waals surface area contributed by atoms with Crippen LogP contribution in [-0.4, -0.2) is 23.4 Å². The maximum absolute atomic E-state index is 12.3. The van der Waals surface area contributed by atoms with Gasteiger partial charge in [-0.25, -0.2) is 0 Å². The van der Waals surface area contributed by atoms with Gasteiger partial charge in [0.25, 0.3) is 5.91 Å². The quantitative estimate of drug-likeness (QED) is 0.683. The highest BCUT2D eigenvalue weighted by atomic mass is 35.5. The number of nitrogens with zero attached hydrogens (tertiary/aromatic N) is 1. The zero-order valence-electron chi connectivity index (χ0n) is 9.93. The van der Waals surface area contributed by atoms with E-state index >= 15 is 0 Å². The molecule has 0 heterocycles. The van der Waals surface area contributed by atoms with E-state index in [1.165, 1.54) is 0 Å². The maximum Gasteiger partial charge on any atom is 0.255 e. The highest BCUT2D eigenvalue weighted by molar-refractivity contribution is 6.34. The molecule has 0 atom stereocenters. The molecule has 1 aromatic carbocycles. The van der Waals surface area contributed by atoms with E-state index in [1.807, 2.05) is 4.90 Å². The summed E-state index contributed by atoms with van der Waals surface area (Å²) in [4.78, 5) is 14.1. The molecule has 0 bridgehead atoms. The predicted molar refractivity (Wildman–Crippen MR) is 77.4 cm³/mol. The molecule has 98 valence electrons. The van der Waals surface area contributed by atoms with Crippen LogP contribution in [-0.2, 0) is 0 Å². The van der Waals surface area contributed by atoms with Crippen LogP contribution in [0.4, 0.5) is 5.69 Å². The largest absolute Gasteiger partial charge is 0.399 e. The Morgan fingerprint density at radius 2 is 2.22 bits per heavy atom. The molecule has 1 aliphatic carbocycles. The number of halogens is 2. The first-order valence-corrected chi connectivity index (χ1v) is 5.98. The molecule has 1 amide bonds. The standard InChI is InChI=1S/C13H15ClN2O.ClH/c1-2-7-16(10-4-5-10)13(17)11-6-3-9(15)8-12(11)14;/h2-3,6,8,10H,1,4-5,7,15H2;1H. The Kier molecular flexibility index (Phi) is 5.05. The fraction of sp³-hybridized carbons (Fsp3) is 0.308. The topological polar surface area (TPSA) is 46.3 Å². The molecule has 5 heteroatoms. The van der Waals surface area contributed by atoms with Crippen molar-refractivity contribution in [1.29, 1.82) is 0 Å². The van der Waals surface area contributed by atoms with Crippen LogP contribution in [0.2, 0.25) is 5.02 Å². The second-order valence-corrected chi connectivity index (χ2v) is 4.62. The fourth-order valence-corrected chi connectivity index (χ4v) is 2.05. The number of hydrogen-bond donors (Lipinski definition) is 1. The third-order valence-electron chi connectivity index (χ3n) is 2.80. The highest BCUT2D eigenvalue weighted by Crippen LogP contribution is 2.30. The van der Waals surface area contributed by atoms with Crippen LogP contribution in [0.5, 0.6) is 0 Å². The SMILES string of the molecule is C=CCN(C(=O)c1ccc(N)cc1Cl)C1CC1.Cl. The number of carbonyl (C=O) groups is 1. The summed E-state index contributed by atoms with van der Waals surface area (Å²) in [7, 11) is 0. The predicted octanol–water partition coefficient (Wildman–Crippen LogP) is 3.13. The number of nitrogen functional groups attached to an aromatic ring is 1. The summed E-state index contributed by atoms with van der Waals surface area (Å²) in [5.41, 5.74) is 6.68. The molecule has 0 radical (unpaired) electrons. The van der Waals surface area contributed by atoms with Gasteiger partial charge in [-0.05, 0) is 31.0 Å².